The molecule has 2 N–H and O–H groups in total. The van der Waals surface area contributed by atoms with E-state index in [1.54, 1.807) is 12.1 Å². The number of nitrogens with two attached hydrogens (primary N) is 1. The molecule has 1 atom stereocenters. The van der Waals surface area contributed by atoms with Gasteiger partial charge in [-0.15, -0.1) is 0 Å². The third-order valence-corrected chi connectivity index (χ3v) is 3.67. The highest BCUT2D eigenvalue weighted by Gasteiger charge is 2.23. The topological polar surface area (TPSA) is 48.4 Å². The largest absolute Gasteiger partial charge is 0.493 e. The lowest BCUT2D eigenvalue weighted by molar-refractivity contribution is 0.350. The summed E-state index contributed by atoms with van der Waals surface area (Å²) in [6.45, 7) is 0.699. The van der Waals surface area contributed by atoms with Crippen molar-refractivity contribution >= 4 is 27.5 Å². The van der Waals surface area contributed by atoms with Crippen molar-refractivity contribution in [3.63, 3.8) is 0 Å². The van der Waals surface area contributed by atoms with Crippen LogP contribution in [-0.4, -0.2) is 6.61 Å². The van der Waals surface area contributed by atoms with E-state index in [0.717, 1.165) is 22.2 Å². The van der Waals surface area contributed by atoms with Gasteiger partial charge in [0, 0.05) is 16.5 Å². The molecule has 5 heteroatoms. The average Bonchev–Trinajstić information content (AvgIpc) is 2.95. The summed E-state index contributed by atoms with van der Waals surface area (Å²) < 4.78 is 12.0. The van der Waals surface area contributed by atoms with Crippen LogP contribution >= 0.6 is 27.5 Å². The Balaban J connectivity index is 2.06. The van der Waals surface area contributed by atoms with Gasteiger partial charge in [0.25, 0.3) is 0 Å². The fourth-order valence-electron chi connectivity index (χ4n) is 2.18. The summed E-state index contributed by atoms with van der Waals surface area (Å²) in [5.74, 6) is 1.51. The molecular weight excluding hydrogens is 318 g/mol. The molecule has 1 aliphatic rings. The highest BCUT2D eigenvalue weighted by Crippen LogP contribution is 2.38. The molecule has 0 fully saturated rings. The monoisotopic (exact) mass is 327 g/mol. The zero-order valence-corrected chi connectivity index (χ0v) is 11.8. The average molecular weight is 329 g/mol. The van der Waals surface area contributed by atoms with Crippen LogP contribution in [0, 0.1) is 0 Å². The highest BCUT2D eigenvalue weighted by molar-refractivity contribution is 9.10. The van der Waals surface area contributed by atoms with E-state index in [1.807, 2.05) is 6.07 Å². The minimum atomic E-state index is -0.373. The van der Waals surface area contributed by atoms with Gasteiger partial charge in [-0.05, 0) is 41.4 Å². The molecule has 0 spiro atoms. The zero-order chi connectivity index (χ0) is 12.7. The molecule has 0 radical (unpaired) electrons. The van der Waals surface area contributed by atoms with E-state index in [9.17, 15) is 0 Å². The number of hydrogen-bond donors (Lipinski definition) is 1. The van der Waals surface area contributed by atoms with Crippen molar-refractivity contribution in [2.24, 2.45) is 5.73 Å². The second kappa shape index (κ2) is 4.61. The van der Waals surface area contributed by atoms with Gasteiger partial charge in [-0.2, -0.15) is 0 Å². The number of fused-ring (bicyclic) bond motifs is 1. The van der Waals surface area contributed by atoms with E-state index in [4.69, 9.17) is 26.5 Å². The van der Waals surface area contributed by atoms with Gasteiger partial charge in [0.2, 0.25) is 0 Å². The lowest BCUT2D eigenvalue weighted by Crippen LogP contribution is -2.12. The SMILES string of the molecule is NC(c1ccc(Cl)o1)c1cc(Br)cc2c1OCC2. The quantitative estimate of drug-likeness (QED) is 0.915. The minimum absolute atomic E-state index is 0.341. The first-order valence-corrected chi connectivity index (χ1v) is 6.78. The predicted molar refractivity (Wildman–Crippen MR) is 73.1 cm³/mol. The molecule has 3 nitrogen and oxygen atoms in total. The van der Waals surface area contributed by atoms with E-state index in [-0.39, 0.29) is 6.04 Å². The summed E-state index contributed by atoms with van der Waals surface area (Å²) >= 11 is 9.27. The van der Waals surface area contributed by atoms with Crippen LogP contribution in [0.25, 0.3) is 0 Å². The molecule has 1 unspecified atom stereocenters. The highest BCUT2D eigenvalue weighted by atomic mass is 79.9. The summed E-state index contributed by atoms with van der Waals surface area (Å²) in [5.41, 5.74) is 8.31. The molecule has 0 saturated carbocycles. The van der Waals surface area contributed by atoms with E-state index < -0.39 is 0 Å². The van der Waals surface area contributed by atoms with Crippen LogP contribution in [0.3, 0.4) is 0 Å². The van der Waals surface area contributed by atoms with Crippen molar-refractivity contribution in [2.45, 2.75) is 12.5 Å². The van der Waals surface area contributed by atoms with Gasteiger partial charge >= 0.3 is 0 Å². The summed E-state index contributed by atoms with van der Waals surface area (Å²) in [7, 11) is 0. The van der Waals surface area contributed by atoms with E-state index >= 15 is 0 Å². The normalized spacial score (nSPS) is 15.3. The van der Waals surface area contributed by atoms with Crippen molar-refractivity contribution in [1.82, 2.24) is 0 Å². The van der Waals surface area contributed by atoms with Crippen molar-refractivity contribution in [3.8, 4) is 5.75 Å². The number of halogens is 2. The first-order chi connectivity index (χ1) is 8.65. The zero-order valence-electron chi connectivity index (χ0n) is 9.45. The van der Waals surface area contributed by atoms with Crippen LogP contribution in [0.5, 0.6) is 5.75 Å². The molecule has 94 valence electrons. The van der Waals surface area contributed by atoms with E-state index in [0.29, 0.717) is 17.6 Å². The van der Waals surface area contributed by atoms with Gasteiger partial charge in [-0.1, -0.05) is 15.9 Å². The van der Waals surface area contributed by atoms with Gasteiger partial charge in [-0.3, -0.25) is 0 Å². The van der Waals surface area contributed by atoms with Crippen molar-refractivity contribution in [3.05, 3.63) is 50.8 Å². The van der Waals surface area contributed by atoms with Crippen LogP contribution in [0.1, 0.15) is 22.9 Å². The summed E-state index contributed by atoms with van der Waals surface area (Å²) in [6, 6.07) is 7.13. The number of rotatable bonds is 2. The molecule has 2 aromatic rings. The van der Waals surface area contributed by atoms with E-state index in [2.05, 4.69) is 22.0 Å². The molecule has 0 bridgehead atoms. The van der Waals surface area contributed by atoms with Crippen LogP contribution in [0.15, 0.2) is 33.2 Å². The third-order valence-electron chi connectivity index (χ3n) is 3.01. The van der Waals surface area contributed by atoms with Gasteiger partial charge < -0.3 is 14.9 Å². The molecule has 3 rings (SSSR count). The molecule has 0 aliphatic carbocycles. The van der Waals surface area contributed by atoms with Crippen LogP contribution in [0.4, 0.5) is 0 Å². The molecule has 0 amide bonds. The molecule has 1 aliphatic heterocycles. The minimum Gasteiger partial charge on any atom is -0.493 e. The first kappa shape index (κ1) is 12.1. The van der Waals surface area contributed by atoms with Crippen molar-refractivity contribution < 1.29 is 9.15 Å². The number of ether oxygens (including phenoxy) is 1. The second-order valence-electron chi connectivity index (χ2n) is 4.20. The lowest BCUT2D eigenvalue weighted by Gasteiger charge is -2.14. The lowest BCUT2D eigenvalue weighted by atomic mass is 10.0. The Morgan fingerprint density at radius 2 is 2.17 bits per heavy atom. The molecule has 0 saturated heterocycles. The maximum absolute atomic E-state index is 6.22. The fourth-order valence-corrected chi connectivity index (χ4v) is 2.85. The number of furan rings is 1. The molecular formula is C13H11BrClNO2. The number of hydrogen-bond acceptors (Lipinski definition) is 3. The van der Waals surface area contributed by atoms with Crippen LogP contribution < -0.4 is 10.5 Å². The Hall–Kier alpha value is -0.970. The number of benzene rings is 1. The maximum Gasteiger partial charge on any atom is 0.193 e. The van der Waals surface area contributed by atoms with Crippen molar-refractivity contribution in [1.29, 1.82) is 0 Å². The predicted octanol–water partition coefficient (Wildman–Crippen LogP) is 3.68. The summed E-state index contributed by atoms with van der Waals surface area (Å²) in [4.78, 5) is 0. The Bertz CT molecular complexity index is 597. The Morgan fingerprint density at radius 1 is 1.33 bits per heavy atom. The van der Waals surface area contributed by atoms with Gasteiger partial charge in [0.15, 0.2) is 5.22 Å². The maximum atomic E-state index is 6.22. The second-order valence-corrected chi connectivity index (χ2v) is 5.49. The van der Waals surface area contributed by atoms with Crippen molar-refractivity contribution in [2.75, 3.05) is 6.61 Å². The van der Waals surface area contributed by atoms with Gasteiger partial charge in [-0.25, -0.2) is 0 Å². The van der Waals surface area contributed by atoms with Gasteiger partial charge in [0.1, 0.15) is 11.5 Å². The van der Waals surface area contributed by atoms with Gasteiger partial charge in [0.05, 0.1) is 12.6 Å². The third kappa shape index (κ3) is 2.05. The molecule has 2 heterocycles. The Morgan fingerprint density at radius 3 is 2.89 bits per heavy atom. The first-order valence-electron chi connectivity index (χ1n) is 5.61. The van der Waals surface area contributed by atoms with Crippen LogP contribution in [-0.2, 0) is 6.42 Å². The van der Waals surface area contributed by atoms with E-state index in [1.165, 1.54) is 5.56 Å². The summed E-state index contributed by atoms with van der Waals surface area (Å²) in [6.07, 6.45) is 0.910. The van der Waals surface area contributed by atoms with Crippen LogP contribution in [0.2, 0.25) is 5.22 Å². The molecule has 1 aromatic carbocycles. The Labute approximate surface area is 118 Å². The summed E-state index contributed by atoms with van der Waals surface area (Å²) in [5, 5.41) is 0.341. The molecule has 18 heavy (non-hydrogen) atoms. The molecule has 1 aromatic heterocycles. The smallest absolute Gasteiger partial charge is 0.193 e. The Kier molecular flexibility index (Phi) is 3.09. The fraction of sp³-hybridized carbons (Fsp3) is 0.231. The standard InChI is InChI=1S/C13H11BrClNO2/c14-8-5-7-3-4-17-13(7)9(6-8)12(16)10-1-2-11(15)18-10/h1-2,5-6,12H,3-4,16H2.